The Bertz CT molecular complexity index is 1570. The number of fused-ring (bicyclic) bond motifs is 2. The van der Waals surface area contributed by atoms with Crippen molar-refractivity contribution < 1.29 is 14.3 Å². The number of nitriles is 1. The summed E-state index contributed by atoms with van der Waals surface area (Å²) in [6.45, 7) is 6.05. The molecule has 0 spiro atoms. The molecular formula is C32H34N4O3. The SMILES string of the molecule is CC(C)(C)OC(=O)NC1CCC(NC(=O)c2cc3ccc(C#N)cc3n2Cc2ccc3ccccc3c2)CC1. The molecule has 0 saturated heterocycles. The van der Waals surface area contributed by atoms with Crippen LogP contribution in [0.2, 0.25) is 0 Å². The lowest BCUT2D eigenvalue weighted by Gasteiger charge is -2.30. The average molecular weight is 523 g/mol. The van der Waals surface area contributed by atoms with E-state index >= 15 is 0 Å². The van der Waals surface area contributed by atoms with Crippen molar-refractivity contribution in [3.63, 3.8) is 0 Å². The molecule has 0 atom stereocenters. The van der Waals surface area contributed by atoms with Crippen LogP contribution in [-0.4, -0.2) is 34.3 Å². The number of aromatic nitrogens is 1. The lowest BCUT2D eigenvalue weighted by molar-refractivity contribution is 0.0488. The van der Waals surface area contributed by atoms with E-state index in [-0.39, 0.29) is 18.0 Å². The summed E-state index contributed by atoms with van der Waals surface area (Å²) in [6, 6.07) is 24.3. The molecule has 1 fully saturated rings. The van der Waals surface area contributed by atoms with Crippen molar-refractivity contribution in [2.45, 2.75) is 70.7 Å². The molecule has 1 aromatic heterocycles. The molecule has 0 unspecified atom stereocenters. The first-order valence-corrected chi connectivity index (χ1v) is 13.5. The number of benzene rings is 3. The Labute approximate surface area is 228 Å². The summed E-state index contributed by atoms with van der Waals surface area (Å²) < 4.78 is 7.38. The fourth-order valence-corrected chi connectivity index (χ4v) is 5.32. The summed E-state index contributed by atoms with van der Waals surface area (Å²) in [5.74, 6) is -0.131. The molecule has 3 aromatic carbocycles. The molecule has 0 bridgehead atoms. The topological polar surface area (TPSA) is 96.2 Å². The number of nitrogens with zero attached hydrogens (tertiary/aromatic N) is 2. The van der Waals surface area contributed by atoms with Gasteiger partial charge in [0.1, 0.15) is 11.3 Å². The van der Waals surface area contributed by atoms with Crippen molar-refractivity contribution in [1.82, 2.24) is 15.2 Å². The third kappa shape index (κ3) is 6.23. The average Bonchev–Trinajstić information content (AvgIpc) is 3.26. The molecule has 0 aliphatic heterocycles. The van der Waals surface area contributed by atoms with Crippen LogP contribution in [0.15, 0.2) is 66.7 Å². The molecule has 4 aromatic rings. The number of hydrogen-bond donors (Lipinski definition) is 2. The smallest absolute Gasteiger partial charge is 0.407 e. The molecule has 7 nitrogen and oxygen atoms in total. The van der Waals surface area contributed by atoms with Crippen LogP contribution in [-0.2, 0) is 11.3 Å². The van der Waals surface area contributed by atoms with Crippen LogP contribution in [0.3, 0.4) is 0 Å². The quantitative estimate of drug-likeness (QED) is 0.322. The zero-order valence-electron chi connectivity index (χ0n) is 22.7. The lowest BCUT2D eigenvalue weighted by Crippen LogP contribution is -2.45. The molecule has 1 aliphatic carbocycles. The van der Waals surface area contributed by atoms with Gasteiger partial charge >= 0.3 is 6.09 Å². The van der Waals surface area contributed by atoms with Gasteiger partial charge in [-0.15, -0.1) is 0 Å². The molecule has 2 N–H and O–H groups in total. The number of amides is 2. The normalized spacial score (nSPS) is 17.5. The van der Waals surface area contributed by atoms with E-state index in [4.69, 9.17) is 4.74 Å². The van der Waals surface area contributed by atoms with Crippen molar-refractivity contribution in [3.8, 4) is 6.07 Å². The van der Waals surface area contributed by atoms with Gasteiger partial charge in [-0.3, -0.25) is 4.79 Å². The van der Waals surface area contributed by atoms with Gasteiger partial charge in [0.25, 0.3) is 5.91 Å². The van der Waals surface area contributed by atoms with Gasteiger partial charge in [-0.1, -0.05) is 42.5 Å². The van der Waals surface area contributed by atoms with Gasteiger partial charge in [0, 0.05) is 24.0 Å². The van der Waals surface area contributed by atoms with Gasteiger partial charge in [-0.2, -0.15) is 5.26 Å². The summed E-state index contributed by atoms with van der Waals surface area (Å²) in [4.78, 5) is 25.7. The highest BCUT2D eigenvalue weighted by Gasteiger charge is 2.27. The number of nitrogens with one attached hydrogen (secondary N) is 2. The van der Waals surface area contributed by atoms with Gasteiger partial charge in [0.15, 0.2) is 0 Å². The molecular weight excluding hydrogens is 488 g/mol. The number of carbonyl (C=O) groups excluding carboxylic acids is 2. The van der Waals surface area contributed by atoms with E-state index in [2.05, 4.69) is 47.0 Å². The standard InChI is InChI=1S/C32H34N4O3/c1-32(2,3)39-31(38)35-27-14-12-26(13-15-27)34-30(37)29-18-25-11-8-21(19-33)17-28(25)36(29)20-22-9-10-23-6-4-5-7-24(23)16-22/h4-11,16-18,26-27H,12-15,20H2,1-3H3,(H,34,37)(H,35,38). The monoisotopic (exact) mass is 522 g/mol. The van der Waals surface area contributed by atoms with Crippen LogP contribution in [0, 0.1) is 11.3 Å². The van der Waals surface area contributed by atoms with Gasteiger partial charge in [-0.05, 0) is 87.1 Å². The predicted octanol–water partition coefficient (Wildman–Crippen LogP) is 6.28. The Morgan fingerprint density at radius 1 is 0.897 bits per heavy atom. The molecule has 1 heterocycles. The minimum Gasteiger partial charge on any atom is -0.444 e. The third-order valence-corrected chi connectivity index (χ3v) is 7.20. The van der Waals surface area contributed by atoms with E-state index < -0.39 is 11.7 Å². The Morgan fingerprint density at radius 3 is 2.26 bits per heavy atom. The van der Waals surface area contributed by atoms with Gasteiger partial charge in [0.05, 0.1) is 17.1 Å². The largest absolute Gasteiger partial charge is 0.444 e. The number of rotatable bonds is 5. The number of ether oxygens (including phenoxy) is 1. The highest BCUT2D eigenvalue weighted by Crippen LogP contribution is 2.26. The van der Waals surface area contributed by atoms with E-state index in [9.17, 15) is 14.9 Å². The van der Waals surface area contributed by atoms with Crippen molar-refractivity contribution in [3.05, 3.63) is 83.6 Å². The van der Waals surface area contributed by atoms with Crippen molar-refractivity contribution in [2.24, 2.45) is 0 Å². The lowest BCUT2D eigenvalue weighted by atomic mass is 9.91. The molecule has 200 valence electrons. The molecule has 1 aliphatic rings. The Balaban J connectivity index is 1.33. The first-order chi connectivity index (χ1) is 18.7. The van der Waals surface area contributed by atoms with Gasteiger partial charge < -0.3 is 19.9 Å². The Morgan fingerprint density at radius 2 is 1.56 bits per heavy atom. The first kappa shape index (κ1) is 26.3. The van der Waals surface area contributed by atoms with Crippen LogP contribution in [0.4, 0.5) is 4.79 Å². The summed E-state index contributed by atoms with van der Waals surface area (Å²) in [7, 11) is 0. The Hall–Kier alpha value is -4.31. The summed E-state index contributed by atoms with van der Waals surface area (Å²) >= 11 is 0. The highest BCUT2D eigenvalue weighted by atomic mass is 16.6. The zero-order chi connectivity index (χ0) is 27.6. The minimum absolute atomic E-state index is 0.0241. The molecule has 2 amide bonds. The fourth-order valence-electron chi connectivity index (χ4n) is 5.32. The van der Waals surface area contributed by atoms with E-state index in [1.54, 1.807) is 6.07 Å². The zero-order valence-corrected chi connectivity index (χ0v) is 22.7. The number of hydrogen-bond acceptors (Lipinski definition) is 4. The molecule has 7 heteroatoms. The maximum Gasteiger partial charge on any atom is 0.407 e. The molecule has 1 saturated carbocycles. The fraction of sp³-hybridized carbons (Fsp3) is 0.344. The van der Waals surface area contributed by atoms with Crippen LogP contribution in [0.1, 0.15) is 68.1 Å². The molecule has 39 heavy (non-hydrogen) atoms. The third-order valence-electron chi connectivity index (χ3n) is 7.20. The van der Waals surface area contributed by atoms with Gasteiger partial charge in [0.2, 0.25) is 0 Å². The van der Waals surface area contributed by atoms with Crippen LogP contribution in [0.25, 0.3) is 21.7 Å². The first-order valence-electron chi connectivity index (χ1n) is 13.5. The van der Waals surface area contributed by atoms with Crippen LogP contribution >= 0.6 is 0 Å². The Kier molecular flexibility index (Phi) is 7.30. The number of carbonyl (C=O) groups is 2. The van der Waals surface area contributed by atoms with E-state index in [0.29, 0.717) is 17.8 Å². The van der Waals surface area contributed by atoms with Crippen LogP contribution in [0.5, 0.6) is 0 Å². The molecule has 5 rings (SSSR count). The van der Waals surface area contributed by atoms with Gasteiger partial charge in [-0.25, -0.2) is 4.79 Å². The van der Waals surface area contributed by atoms with Crippen LogP contribution < -0.4 is 10.6 Å². The summed E-state index contributed by atoms with van der Waals surface area (Å²) in [5, 5.41) is 18.9. The van der Waals surface area contributed by atoms with E-state index in [0.717, 1.165) is 47.5 Å². The minimum atomic E-state index is -0.533. The second kappa shape index (κ2) is 10.8. The van der Waals surface area contributed by atoms with Crippen molar-refractivity contribution in [2.75, 3.05) is 0 Å². The maximum absolute atomic E-state index is 13.6. The predicted molar refractivity (Wildman–Crippen MR) is 153 cm³/mol. The number of alkyl carbamates (subject to hydrolysis) is 1. The van der Waals surface area contributed by atoms with E-state index in [1.165, 1.54) is 5.39 Å². The summed E-state index contributed by atoms with van der Waals surface area (Å²) in [6.07, 6.45) is 2.70. The van der Waals surface area contributed by atoms with E-state index in [1.807, 2.05) is 55.7 Å². The summed E-state index contributed by atoms with van der Waals surface area (Å²) in [5.41, 5.74) is 2.54. The molecule has 0 radical (unpaired) electrons. The highest BCUT2D eigenvalue weighted by molar-refractivity contribution is 5.99. The second-order valence-electron chi connectivity index (χ2n) is 11.4. The van der Waals surface area contributed by atoms with Crippen molar-refractivity contribution in [1.29, 1.82) is 5.26 Å². The van der Waals surface area contributed by atoms with Crippen molar-refractivity contribution >= 4 is 33.7 Å². The maximum atomic E-state index is 13.6. The second-order valence-corrected chi connectivity index (χ2v) is 11.4.